The van der Waals surface area contributed by atoms with Crippen LogP contribution in [0.4, 0.5) is 0 Å². The molecule has 6 heteroatoms. The molecule has 166 valence electrons. The molecule has 0 spiro atoms. The fourth-order valence-electron chi connectivity index (χ4n) is 4.70. The Labute approximate surface area is 184 Å². The summed E-state index contributed by atoms with van der Waals surface area (Å²) in [6.07, 6.45) is 12.6. The predicted octanol–water partition coefficient (Wildman–Crippen LogP) is 4.22. The Morgan fingerprint density at radius 1 is 1.00 bits per heavy atom. The van der Waals surface area contributed by atoms with Gasteiger partial charge in [0.25, 0.3) is 0 Å². The van der Waals surface area contributed by atoms with E-state index in [1.807, 2.05) is 35.4 Å². The minimum atomic E-state index is -0.00547. The summed E-state index contributed by atoms with van der Waals surface area (Å²) in [5.74, 6) is 1.02. The number of benzene rings is 1. The number of carbonyl (C=O) groups is 2. The Morgan fingerprint density at radius 3 is 2.55 bits per heavy atom. The van der Waals surface area contributed by atoms with E-state index in [2.05, 4.69) is 10.3 Å². The molecule has 0 radical (unpaired) electrons. The van der Waals surface area contributed by atoms with Crippen LogP contribution in [0.5, 0.6) is 5.75 Å². The first-order valence-electron chi connectivity index (χ1n) is 11.8. The normalized spacial score (nSPS) is 22.0. The Bertz CT molecular complexity index is 879. The van der Waals surface area contributed by atoms with Crippen LogP contribution in [0.2, 0.25) is 0 Å². The average molecular weight is 424 g/mol. The predicted molar refractivity (Wildman–Crippen MR) is 121 cm³/mol. The molecule has 1 aliphatic heterocycles. The van der Waals surface area contributed by atoms with E-state index in [0.29, 0.717) is 6.42 Å². The number of aromatic nitrogens is 1. The van der Waals surface area contributed by atoms with Gasteiger partial charge in [0.2, 0.25) is 11.8 Å². The number of fused-ring (bicyclic) bond motifs is 1. The summed E-state index contributed by atoms with van der Waals surface area (Å²) in [7, 11) is 0. The van der Waals surface area contributed by atoms with Crippen LogP contribution in [-0.4, -0.2) is 46.9 Å². The summed E-state index contributed by atoms with van der Waals surface area (Å²) in [6.45, 7) is 1.69. The average Bonchev–Trinajstić information content (AvgIpc) is 3.09. The Balaban J connectivity index is 1.19. The van der Waals surface area contributed by atoms with Crippen LogP contribution in [-0.2, 0) is 9.59 Å². The van der Waals surface area contributed by atoms with Gasteiger partial charge < -0.3 is 15.0 Å². The van der Waals surface area contributed by atoms with Crippen molar-refractivity contribution in [3.8, 4) is 5.75 Å². The van der Waals surface area contributed by atoms with Crippen molar-refractivity contribution < 1.29 is 14.3 Å². The van der Waals surface area contributed by atoms with E-state index in [0.717, 1.165) is 68.1 Å². The topological polar surface area (TPSA) is 71.5 Å². The zero-order valence-corrected chi connectivity index (χ0v) is 18.2. The second-order valence-corrected chi connectivity index (χ2v) is 8.81. The molecule has 4 rings (SSSR count). The monoisotopic (exact) mass is 423 g/mol. The lowest BCUT2D eigenvalue weighted by Crippen LogP contribution is -2.40. The molecule has 1 saturated heterocycles. The smallest absolute Gasteiger partial charge is 0.223 e. The summed E-state index contributed by atoms with van der Waals surface area (Å²) in [5, 5.41) is 5.29. The van der Waals surface area contributed by atoms with Gasteiger partial charge in [-0.25, -0.2) is 0 Å². The molecule has 2 heterocycles. The molecule has 6 nitrogen and oxygen atoms in total. The number of nitrogens with zero attached hydrogens (tertiary/aromatic N) is 2. The molecule has 2 fully saturated rings. The second kappa shape index (κ2) is 10.6. The summed E-state index contributed by atoms with van der Waals surface area (Å²) >= 11 is 0. The zero-order chi connectivity index (χ0) is 21.5. The third kappa shape index (κ3) is 5.96. The third-order valence-electron chi connectivity index (χ3n) is 6.50. The van der Waals surface area contributed by atoms with Gasteiger partial charge in [-0.2, -0.15) is 0 Å². The quantitative estimate of drug-likeness (QED) is 0.755. The van der Waals surface area contributed by atoms with E-state index >= 15 is 0 Å². The number of carbonyl (C=O) groups excluding carboxylic acids is 2. The van der Waals surface area contributed by atoms with Crippen molar-refractivity contribution in [2.24, 2.45) is 0 Å². The lowest BCUT2D eigenvalue weighted by molar-refractivity contribution is -0.133. The van der Waals surface area contributed by atoms with Gasteiger partial charge in [0.05, 0.1) is 6.10 Å². The van der Waals surface area contributed by atoms with Crippen LogP contribution >= 0.6 is 0 Å². The van der Waals surface area contributed by atoms with Gasteiger partial charge >= 0.3 is 0 Å². The first-order valence-corrected chi connectivity index (χ1v) is 11.8. The number of rotatable bonds is 6. The Kier molecular flexibility index (Phi) is 7.39. The van der Waals surface area contributed by atoms with Crippen molar-refractivity contribution >= 4 is 22.6 Å². The van der Waals surface area contributed by atoms with Crippen LogP contribution in [0.3, 0.4) is 0 Å². The highest BCUT2D eigenvalue weighted by atomic mass is 16.5. The van der Waals surface area contributed by atoms with E-state index in [-0.39, 0.29) is 30.4 Å². The Hall–Kier alpha value is -2.63. The molecule has 31 heavy (non-hydrogen) atoms. The summed E-state index contributed by atoms with van der Waals surface area (Å²) in [4.78, 5) is 30.9. The molecule has 1 aliphatic carbocycles. The molecule has 1 aromatic carbocycles. The van der Waals surface area contributed by atoms with Crippen LogP contribution in [0.25, 0.3) is 10.8 Å². The van der Waals surface area contributed by atoms with Crippen LogP contribution in [0, 0.1) is 0 Å². The maximum atomic E-state index is 12.4. The van der Waals surface area contributed by atoms with Gasteiger partial charge in [-0.3, -0.25) is 14.6 Å². The van der Waals surface area contributed by atoms with Gasteiger partial charge in [-0.1, -0.05) is 25.0 Å². The van der Waals surface area contributed by atoms with Gasteiger partial charge in [0, 0.05) is 55.1 Å². The van der Waals surface area contributed by atoms with Crippen LogP contribution < -0.4 is 10.1 Å². The minimum absolute atomic E-state index is 0.00547. The molecule has 0 unspecified atom stereocenters. The van der Waals surface area contributed by atoms with E-state index < -0.39 is 0 Å². The minimum Gasteiger partial charge on any atom is -0.490 e. The van der Waals surface area contributed by atoms with Crippen molar-refractivity contribution in [1.82, 2.24) is 15.2 Å². The number of hydrogen-bond acceptors (Lipinski definition) is 4. The van der Waals surface area contributed by atoms with Crippen LogP contribution in [0.1, 0.15) is 64.2 Å². The highest BCUT2D eigenvalue weighted by Gasteiger charge is 2.24. The first kappa shape index (κ1) is 21.6. The Morgan fingerprint density at radius 2 is 1.77 bits per heavy atom. The van der Waals surface area contributed by atoms with Crippen molar-refractivity contribution in [1.29, 1.82) is 0 Å². The first-order chi connectivity index (χ1) is 15.2. The largest absolute Gasteiger partial charge is 0.490 e. The van der Waals surface area contributed by atoms with Gasteiger partial charge in [-0.05, 0) is 50.7 Å². The number of hydrogen-bond donors (Lipinski definition) is 1. The second-order valence-electron chi connectivity index (χ2n) is 8.81. The van der Waals surface area contributed by atoms with Crippen molar-refractivity contribution in [3.05, 3.63) is 36.7 Å². The molecule has 2 amide bonds. The van der Waals surface area contributed by atoms with Crippen molar-refractivity contribution in [2.75, 3.05) is 13.1 Å². The van der Waals surface area contributed by atoms with E-state index in [1.165, 1.54) is 12.8 Å². The lowest BCUT2D eigenvalue weighted by atomic mass is 9.92. The van der Waals surface area contributed by atoms with E-state index in [1.54, 1.807) is 6.20 Å². The number of pyridine rings is 1. The number of amides is 2. The van der Waals surface area contributed by atoms with E-state index in [4.69, 9.17) is 4.74 Å². The molecule has 2 aromatic rings. The summed E-state index contributed by atoms with van der Waals surface area (Å²) < 4.78 is 6.29. The van der Waals surface area contributed by atoms with Crippen LogP contribution in [0.15, 0.2) is 36.7 Å². The van der Waals surface area contributed by atoms with Gasteiger partial charge in [-0.15, -0.1) is 0 Å². The highest BCUT2D eigenvalue weighted by Crippen LogP contribution is 2.29. The molecular weight excluding hydrogens is 390 g/mol. The molecule has 1 N–H and O–H groups in total. The standard InChI is InChI=1S/C25H33N3O3/c29-24(12-13-25(30)28-16-3-1-2-4-17-28)27-20-8-10-21(11-9-20)31-23-7-5-6-19-18-26-15-14-22(19)23/h5-7,14-15,18,20-21H,1-4,8-13,16-17H2,(H,27,29). The number of likely N-dealkylation sites (tertiary alicyclic amines) is 1. The SMILES string of the molecule is O=C(CCC(=O)N1CCCCCC1)NC1CCC(Oc2cccc3cnccc23)CC1. The molecule has 0 atom stereocenters. The van der Waals surface area contributed by atoms with Gasteiger partial charge in [0.1, 0.15) is 5.75 Å². The third-order valence-corrected chi connectivity index (χ3v) is 6.50. The van der Waals surface area contributed by atoms with Crippen molar-refractivity contribution in [2.45, 2.75) is 76.4 Å². The molecule has 0 bridgehead atoms. The molecule has 1 saturated carbocycles. The molecular formula is C25H33N3O3. The maximum Gasteiger partial charge on any atom is 0.223 e. The van der Waals surface area contributed by atoms with Gasteiger partial charge in [0.15, 0.2) is 0 Å². The molecule has 2 aliphatic rings. The lowest BCUT2D eigenvalue weighted by Gasteiger charge is -2.30. The molecule has 1 aromatic heterocycles. The fourth-order valence-corrected chi connectivity index (χ4v) is 4.70. The van der Waals surface area contributed by atoms with Crippen molar-refractivity contribution in [3.63, 3.8) is 0 Å². The number of nitrogens with one attached hydrogen (secondary N) is 1. The van der Waals surface area contributed by atoms with E-state index in [9.17, 15) is 9.59 Å². The maximum absolute atomic E-state index is 12.4. The summed E-state index contributed by atoms with van der Waals surface area (Å²) in [6, 6.07) is 8.22. The fraction of sp³-hybridized carbons (Fsp3) is 0.560. The summed E-state index contributed by atoms with van der Waals surface area (Å²) in [5.41, 5.74) is 0. The number of ether oxygens (including phenoxy) is 1. The highest BCUT2D eigenvalue weighted by molar-refractivity contribution is 5.87. The zero-order valence-electron chi connectivity index (χ0n) is 18.2.